The fourth-order valence-electron chi connectivity index (χ4n) is 1.73. The number of aryl methyl sites for hydroxylation is 1. The van der Waals surface area contributed by atoms with E-state index < -0.39 is 0 Å². The van der Waals surface area contributed by atoms with Gasteiger partial charge in [0.05, 0.1) is 17.6 Å². The fraction of sp³-hybridized carbons (Fsp3) is 0.462. The third-order valence-corrected chi connectivity index (χ3v) is 2.71. The van der Waals surface area contributed by atoms with Crippen molar-refractivity contribution in [1.82, 2.24) is 14.9 Å². The van der Waals surface area contributed by atoms with Crippen LogP contribution in [0, 0.1) is 5.82 Å². The van der Waals surface area contributed by atoms with Crippen LogP contribution in [0.3, 0.4) is 0 Å². The van der Waals surface area contributed by atoms with Crippen LogP contribution in [0.2, 0.25) is 0 Å². The largest absolute Gasteiger partial charge is 0.330 e. The van der Waals surface area contributed by atoms with Crippen LogP contribution in [0.5, 0.6) is 0 Å². The van der Waals surface area contributed by atoms with Crippen LogP contribution in [-0.4, -0.2) is 15.1 Å². The standard InChI is InChI=1S/C13H18FN3/c1-13(2,3)15-8-12-16-10-7-9(14)5-6-11(10)17(12)4/h5-7,15H,8H2,1-4H3. The van der Waals surface area contributed by atoms with E-state index in [1.165, 1.54) is 12.1 Å². The Kier molecular flexibility index (Phi) is 2.91. The molecule has 1 N–H and O–H groups in total. The van der Waals surface area contributed by atoms with Gasteiger partial charge >= 0.3 is 0 Å². The fourth-order valence-corrected chi connectivity index (χ4v) is 1.73. The van der Waals surface area contributed by atoms with Crippen LogP contribution in [0.1, 0.15) is 26.6 Å². The van der Waals surface area contributed by atoms with Gasteiger partial charge in [-0.05, 0) is 32.9 Å². The first-order valence-corrected chi connectivity index (χ1v) is 5.73. The summed E-state index contributed by atoms with van der Waals surface area (Å²) in [6, 6.07) is 4.69. The first-order valence-electron chi connectivity index (χ1n) is 5.73. The molecule has 0 aliphatic rings. The molecule has 0 saturated carbocycles. The van der Waals surface area contributed by atoms with Crippen LogP contribution in [0.25, 0.3) is 11.0 Å². The molecule has 0 aliphatic carbocycles. The zero-order valence-corrected chi connectivity index (χ0v) is 10.7. The van der Waals surface area contributed by atoms with Crippen LogP contribution in [-0.2, 0) is 13.6 Å². The highest BCUT2D eigenvalue weighted by Gasteiger charge is 2.12. The molecule has 17 heavy (non-hydrogen) atoms. The third-order valence-electron chi connectivity index (χ3n) is 2.71. The van der Waals surface area contributed by atoms with E-state index in [2.05, 4.69) is 31.1 Å². The van der Waals surface area contributed by atoms with Crippen molar-refractivity contribution in [2.24, 2.45) is 7.05 Å². The van der Waals surface area contributed by atoms with E-state index in [9.17, 15) is 4.39 Å². The molecule has 92 valence electrons. The minimum Gasteiger partial charge on any atom is -0.330 e. The molecule has 3 nitrogen and oxygen atoms in total. The lowest BCUT2D eigenvalue weighted by atomic mass is 10.1. The van der Waals surface area contributed by atoms with Crippen LogP contribution in [0.4, 0.5) is 4.39 Å². The minimum absolute atomic E-state index is 0.0450. The molecule has 4 heteroatoms. The Bertz CT molecular complexity index is 537. The lowest BCUT2D eigenvalue weighted by Crippen LogP contribution is -2.35. The van der Waals surface area contributed by atoms with Crippen molar-refractivity contribution in [1.29, 1.82) is 0 Å². The number of aromatic nitrogens is 2. The predicted molar refractivity (Wildman–Crippen MR) is 67.3 cm³/mol. The first kappa shape index (κ1) is 12.0. The Labute approximate surface area is 101 Å². The molecule has 0 amide bonds. The molecule has 0 saturated heterocycles. The molecule has 1 aromatic heterocycles. The number of halogens is 1. The van der Waals surface area contributed by atoms with Crippen LogP contribution >= 0.6 is 0 Å². The van der Waals surface area contributed by atoms with E-state index in [4.69, 9.17) is 0 Å². The molecular formula is C13H18FN3. The maximum Gasteiger partial charge on any atom is 0.125 e. The second-order valence-corrected chi connectivity index (χ2v) is 5.32. The lowest BCUT2D eigenvalue weighted by Gasteiger charge is -2.20. The summed E-state index contributed by atoms with van der Waals surface area (Å²) in [5.74, 6) is 0.673. The van der Waals surface area contributed by atoms with Crippen molar-refractivity contribution < 1.29 is 4.39 Å². The summed E-state index contributed by atoms with van der Waals surface area (Å²) < 4.78 is 15.1. The summed E-state index contributed by atoms with van der Waals surface area (Å²) in [5, 5.41) is 3.38. The van der Waals surface area contributed by atoms with Crippen molar-refractivity contribution in [3.63, 3.8) is 0 Å². The van der Waals surface area contributed by atoms with E-state index in [-0.39, 0.29) is 11.4 Å². The molecule has 0 fully saturated rings. The summed E-state index contributed by atoms with van der Waals surface area (Å²) in [6.45, 7) is 7.00. The number of hydrogen-bond donors (Lipinski definition) is 1. The topological polar surface area (TPSA) is 29.9 Å². The average Bonchev–Trinajstić information content (AvgIpc) is 2.51. The molecular weight excluding hydrogens is 217 g/mol. The Hall–Kier alpha value is -1.42. The van der Waals surface area contributed by atoms with Gasteiger partial charge in [-0.1, -0.05) is 0 Å². The van der Waals surface area contributed by atoms with Gasteiger partial charge in [0, 0.05) is 18.7 Å². The molecule has 1 heterocycles. The lowest BCUT2D eigenvalue weighted by molar-refractivity contribution is 0.415. The summed E-state index contributed by atoms with van der Waals surface area (Å²) in [6.07, 6.45) is 0. The average molecular weight is 235 g/mol. The van der Waals surface area contributed by atoms with E-state index in [0.29, 0.717) is 12.1 Å². The number of benzene rings is 1. The van der Waals surface area contributed by atoms with Gasteiger partial charge in [-0.3, -0.25) is 0 Å². The zero-order valence-electron chi connectivity index (χ0n) is 10.7. The van der Waals surface area contributed by atoms with E-state index in [1.807, 2.05) is 11.6 Å². The zero-order chi connectivity index (χ0) is 12.6. The van der Waals surface area contributed by atoms with E-state index in [0.717, 1.165) is 11.3 Å². The predicted octanol–water partition coefficient (Wildman–Crippen LogP) is 2.60. The molecule has 0 aliphatic heterocycles. The number of nitrogens with zero attached hydrogens (tertiary/aromatic N) is 2. The van der Waals surface area contributed by atoms with Crippen molar-refractivity contribution in [2.45, 2.75) is 32.9 Å². The summed E-state index contributed by atoms with van der Waals surface area (Å²) in [7, 11) is 1.95. The third kappa shape index (κ3) is 2.64. The number of imidazole rings is 1. The number of fused-ring (bicyclic) bond motifs is 1. The van der Waals surface area contributed by atoms with Gasteiger partial charge in [-0.25, -0.2) is 9.37 Å². The van der Waals surface area contributed by atoms with Crippen molar-refractivity contribution in [2.75, 3.05) is 0 Å². The maximum absolute atomic E-state index is 13.1. The second-order valence-electron chi connectivity index (χ2n) is 5.32. The molecule has 0 spiro atoms. The molecule has 0 unspecified atom stereocenters. The summed E-state index contributed by atoms with van der Waals surface area (Å²) in [5.41, 5.74) is 1.71. The molecule has 2 rings (SSSR count). The highest BCUT2D eigenvalue weighted by atomic mass is 19.1. The number of rotatable bonds is 2. The van der Waals surface area contributed by atoms with Crippen LogP contribution < -0.4 is 5.32 Å². The Morgan fingerprint density at radius 2 is 2.06 bits per heavy atom. The van der Waals surface area contributed by atoms with Crippen molar-refractivity contribution in [3.05, 3.63) is 29.8 Å². The van der Waals surface area contributed by atoms with Gasteiger partial charge in [0.25, 0.3) is 0 Å². The maximum atomic E-state index is 13.1. The molecule has 0 bridgehead atoms. The van der Waals surface area contributed by atoms with Gasteiger partial charge in [-0.2, -0.15) is 0 Å². The molecule has 1 aromatic carbocycles. The quantitative estimate of drug-likeness (QED) is 0.867. The normalized spacial score (nSPS) is 12.3. The Balaban J connectivity index is 2.32. The summed E-state index contributed by atoms with van der Waals surface area (Å²) in [4.78, 5) is 4.44. The second kappa shape index (κ2) is 4.11. The van der Waals surface area contributed by atoms with E-state index >= 15 is 0 Å². The number of nitrogens with one attached hydrogen (secondary N) is 1. The first-order chi connectivity index (χ1) is 7.87. The van der Waals surface area contributed by atoms with E-state index in [1.54, 1.807) is 6.07 Å². The Morgan fingerprint density at radius 3 is 2.71 bits per heavy atom. The SMILES string of the molecule is Cn1c(CNC(C)(C)C)nc2cc(F)ccc21. The van der Waals surface area contributed by atoms with Gasteiger partial charge in [0.2, 0.25) is 0 Å². The monoisotopic (exact) mass is 235 g/mol. The van der Waals surface area contributed by atoms with Crippen molar-refractivity contribution >= 4 is 11.0 Å². The van der Waals surface area contributed by atoms with Gasteiger partial charge < -0.3 is 9.88 Å². The molecule has 0 radical (unpaired) electrons. The number of hydrogen-bond acceptors (Lipinski definition) is 2. The van der Waals surface area contributed by atoms with Crippen LogP contribution in [0.15, 0.2) is 18.2 Å². The van der Waals surface area contributed by atoms with Gasteiger partial charge in [-0.15, -0.1) is 0 Å². The summed E-state index contributed by atoms with van der Waals surface area (Å²) >= 11 is 0. The van der Waals surface area contributed by atoms with Gasteiger partial charge in [0.15, 0.2) is 0 Å². The highest BCUT2D eigenvalue weighted by Crippen LogP contribution is 2.16. The molecule has 2 aromatic rings. The Morgan fingerprint density at radius 1 is 1.35 bits per heavy atom. The molecule has 0 atom stereocenters. The minimum atomic E-state index is -0.245. The van der Waals surface area contributed by atoms with Crippen molar-refractivity contribution in [3.8, 4) is 0 Å². The highest BCUT2D eigenvalue weighted by molar-refractivity contribution is 5.75. The smallest absolute Gasteiger partial charge is 0.125 e. The van der Waals surface area contributed by atoms with Gasteiger partial charge in [0.1, 0.15) is 11.6 Å².